The Labute approximate surface area is 336 Å². The average Bonchev–Trinajstić information content (AvgIpc) is 4.02. The van der Waals surface area contributed by atoms with Gasteiger partial charge >= 0.3 is 0 Å². The molecule has 10 aromatic rings. The van der Waals surface area contributed by atoms with Gasteiger partial charge in [0.25, 0.3) is 0 Å². The molecule has 0 amide bonds. The second-order valence-corrected chi connectivity index (χ2v) is 15.3. The molecule has 4 nitrogen and oxygen atoms in total. The number of anilines is 3. The van der Waals surface area contributed by atoms with Crippen molar-refractivity contribution in [2.45, 2.75) is 12.1 Å². The van der Waals surface area contributed by atoms with E-state index >= 15 is 0 Å². The van der Waals surface area contributed by atoms with Crippen molar-refractivity contribution in [3.05, 3.63) is 223 Å². The highest BCUT2D eigenvalue weighted by Crippen LogP contribution is 2.52. The number of hydrogen-bond donors (Lipinski definition) is 1. The van der Waals surface area contributed by atoms with Gasteiger partial charge in [-0.05, 0) is 90.0 Å². The van der Waals surface area contributed by atoms with E-state index in [9.17, 15) is 0 Å². The van der Waals surface area contributed by atoms with Gasteiger partial charge in [0.2, 0.25) is 0 Å². The third-order valence-electron chi connectivity index (χ3n) is 12.2. The van der Waals surface area contributed by atoms with E-state index in [0.29, 0.717) is 0 Å². The van der Waals surface area contributed by atoms with Crippen molar-refractivity contribution in [2.24, 2.45) is 0 Å². The van der Waals surface area contributed by atoms with E-state index in [0.717, 1.165) is 22.7 Å². The Kier molecular flexibility index (Phi) is 7.32. The summed E-state index contributed by atoms with van der Waals surface area (Å²) < 4.78 is 4.77. The smallest absolute Gasteiger partial charge is 0.131 e. The first-order valence-corrected chi connectivity index (χ1v) is 20.1. The van der Waals surface area contributed by atoms with Gasteiger partial charge in [-0.3, -0.25) is 0 Å². The molecule has 0 saturated carbocycles. The SMILES string of the molecule is C1=CC(c2cccc3c2C(Nc2ccc4c(c2)c2ccccc2n4-c2ccccc2)N(c2ccc4c(c2)c2ccccc2n4-c2ccccc2)c2ccccc2-3)C=C1. The van der Waals surface area contributed by atoms with Crippen LogP contribution in [0.5, 0.6) is 0 Å². The van der Waals surface area contributed by atoms with Crippen LogP contribution in [0.15, 0.2) is 212 Å². The molecule has 3 heterocycles. The lowest BCUT2D eigenvalue weighted by Crippen LogP contribution is -2.34. The number of allylic oxidation sites excluding steroid dienone is 4. The number of nitrogens with zero attached hydrogens (tertiary/aromatic N) is 3. The molecule has 1 unspecified atom stereocenters. The monoisotopic (exact) mass is 742 g/mol. The maximum atomic E-state index is 4.18. The van der Waals surface area contributed by atoms with Gasteiger partial charge in [0.05, 0.1) is 27.8 Å². The van der Waals surface area contributed by atoms with Gasteiger partial charge in [0.15, 0.2) is 0 Å². The summed E-state index contributed by atoms with van der Waals surface area (Å²) in [5, 5.41) is 9.09. The first kappa shape index (κ1) is 32.7. The van der Waals surface area contributed by atoms with Crippen LogP contribution >= 0.6 is 0 Å². The maximum Gasteiger partial charge on any atom is 0.131 e. The number of fused-ring (bicyclic) bond motifs is 9. The highest BCUT2D eigenvalue weighted by Gasteiger charge is 2.35. The second-order valence-electron chi connectivity index (χ2n) is 15.3. The summed E-state index contributed by atoms with van der Waals surface area (Å²) in [5.74, 6) is 0.184. The van der Waals surface area contributed by atoms with Crippen LogP contribution in [-0.4, -0.2) is 9.13 Å². The lowest BCUT2D eigenvalue weighted by Gasteiger charge is -2.42. The first-order valence-electron chi connectivity index (χ1n) is 20.1. The number of para-hydroxylation sites is 5. The van der Waals surface area contributed by atoms with Gasteiger partial charge in [-0.15, -0.1) is 0 Å². The van der Waals surface area contributed by atoms with E-state index < -0.39 is 0 Å². The minimum absolute atomic E-state index is 0.184. The third-order valence-corrected chi connectivity index (χ3v) is 12.2. The Balaban J connectivity index is 1.09. The number of nitrogens with one attached hydrogen (secondary N) is 1. The van der Waals surface area contributed by atoms with Crippen molar-refractivity contribution in [1.29, 1.82) is 0 Å². The van der Waals surface area contributed by atoms with Crippen LogP contribution in [0, 0.1) is 0 Å². The molecule has 0 fully saturated rings. The van der Waals surface area contributed by atoms with E-state index in [1.54, 1.807) is 0 Å². The van der Waals surface area contributed by atoms with Gasteiger partial charge < -0.3 is 19.4 Å². The van der Waals surface area contributed by atoms with Crippen molar-refractivity contribution in [3.63, 3.8) is 0 Å². The van der Waals surface area contributed by atoms with Crippen molar-refractivity contribution in [3.8, 4) is 22.5 Å². The summed E-state index contributed by atoms with van der Waals surface area (Å²) in [6.45, 7) is 0. The minimum Gasteiger partial charge on any atom is -0.361 e. The Hall–Kier alpha value is -7.56. The molecule has 4 heteroatoms. The predicted octanol–water partition coefficient (Wildman–Crippen LogP) is 14.0. The van der Waals surface area contributed by atoms with Crippen LogP contribution in [0.4, 0.5) is 17.1 Å². The predicted molar refractivity (Wildman–Crippen MR) is 243 cm³/mol. The van der Waals surface area contributed by atoms with Crippen LogP contribution in [0.25, 0.3) is 66.1 Å². The average molecular weight is 743 g/mol. The molecule has 0 bridgehead atoms. The quantitative estimate of drug-likeness (QED) is 0.184. The van der Waals surface area contributed by atoms with Crippen molar-refractivity contribution < 1.29 is 0 Å². The molecule has 2 aliphatic rings. The summed E-state index contributed by atoms with van der Waals surface area (Å²) in [6.07, 6.45) is 8.75. The highest BCUT2D eigenvalue weighted by molar-refractivity contribution is 6.12. The Morgan fingerprint density at radius 3 is 1.64 bits per heavy atom. The first-order chi connectivity index (χ1) is 28.8. The summed E-state index contributed by atoms with van der Waals surface area (Å²) >= 11 is 0. The zero-order valence-corrected chi connectivity index (χ0v) is 31.7. The molecule has 58 heavy (non-hydrogen) atoms. The third kappa shape index (κ3) is 4.95. The normalized spacial score (nSPS) is 14.8. The summed E-state index contributed by atoms with van der Waals surface area (Å²) in [7, 11) is 0. The second kappa shape index (κ2) is 13.0. The van der Waals surface area contributed by atoms with Gasteiger partial charge in [0.1, 0.15) is 6.17 Å². The van der Waals surface area contributed by atoms with Crippen LogP contribution in [-0.2, 0) is 0 Å². The zero-order valence-electron chi connectivity index (χ0n) is 31.7. The minimum atomic E-state index is -0.219. The number of aromatic nitrogens is 2. The fraction of sp³-hybridized carbons (Fsp3) is 0.0370. The molecule has 274 valence electrons. The summed E-state index contributed by atoms with van der Waals surface area (Å²) in [4.78, 5) is 2.54. The van der Waals surface area contributed by atoms with E-state index in [2.05, 4.69) is 232 Å². The fourth-order valence-corrected chi connectivity index (χ4v) is 9.70. The Morgan fingerprint density at radius 1 is 0.397 bits per heavy atom. The van der Waals surface area contributed by atoms with Gasteiger partial charge in [0, 0.05) is 61.3 Å². The zero-order chi connectivity index (χ0) is 38.2. The molecule has 0 spiro atoms. The van der Waals surface area contributed by atoms with E-state index in [-0.39, 0.29) is 12.1 Å². The number of benzene rings is 8. The number of rotatable bonds is 6. The molecule has 0 radical (unpaired) electrons. The molecule has 12 rings (SSSR count). The van der Waals surface area contributed by atoms with Crippen LogP contribution in [0.2, 0.25) is 0 Å². The largest absolute Gasteiger partial charge is 0.361 e. The van der Waals surface area contributed by atoms with Crippen LogP contribution < -0.4 is 10.2 Å². The Bertz CT molecular complexity index is 3260. The molecule has 1 aliphatic heterocycles. The highest BCUT2D eigenvalue weighted by atomic mass is 15.3. The Morgan fingerprint density at radius 2 is 0.948 bits per heavy atom. The summed E-state index contributed by atoms with van der Waals surface area (Å²) in [6, 6.07) is 68.6. The lowest BCUT2D eigenvalue weighted by molar-refractivity contribution is 0.767. The molecule has 2 aromatic heterocycles. The standard InChI is InChI=1S/C54H38N4/c1-3-18-38(19-4-1)56-48-27-12-10-23-43(48)46-34-37(30-32-51(46)56)55-54-53-41(36-16-7-8-17-36)25-15-26-45(53)42-22-9-14-29-50(42)58(54)40-31-33-52-47(35-40)44-24-11-13-28-49(44)57(52)39-20-5-2-6-21-39/h1-36,54-55H. The van der Waals surface area contributed by atoms with Gasteiger partial charge in [-0.2, -0.15) is 0 Å². The topological polar surface area (TPSA) is 25.1 Å². The molecular weight excluding hydrogens is 705 g/mol. The number of hydrogen-bond acceptors (Lipinski definition) is 2. The summed E-state index contributed by atoms with van der Waals surface area (Å²) in [5.41, 5.74) is 15.6. The molecule has 1 aliphatic carbocycles. The lowest BCUT2D eigenvalue weighted by atomic mass is 9.83. The molecular formula is C54H38N4. The van der Waals surface area contributed by atoms with Crippen molar-refractivity contribution in [1.82, 2.24) is 9.13 Å². The molecule has 0 saturated heterocycles. The van der Waals surface area contributed by atoms with E-state index in [1.165, 1.54) is 71.6 Å². The van der Waals surface area contributed by atoms with E-state index in [1.807, 2.05) is 0 Å². The van der Waals surface area contributed by atoms with Gasteiger partial charge in [-0.25, -0.2) is 0 Å². The van der Waals surface area contributed by atoms with Crippen LogP contribution in [0.1, 0.15) is 23.2 Å². The fourth-order valence-electron chi connectivity index (χ4n) is 9.70. The van der Waals surface area contributed by atoms with Gasteiger partial charge in [-0.1, -0.05) is 133 Å². The molecule has 1 atom stereocenters. The van der Waals surface area contributed by atoms with Crippen molar-refractivity contribution >= 4 is 60.7 Å². The van der Waals surface area contributed by atoms with Crippen molar-refractivity contribution in [2.75, 3.05) is 10.2 Å². The van der Waals surface area contributed by atoms with Crippen LogP contribution in [0.3, 0.4) is 0 Å². The maximum absolute atomic E-state index is 4.18. The van der Waals surface area contributed by atoms with E-state index in [4.69, 9.17) is 0 Å². The molecule has 1 N–H and O–H groups in total. The molecule has 8 aromatic carbocycles.